The third kappa shape index (κ3) is 5.18. The van der Waals surface area contributed by atoms with Crippen molar-refractivity contribution in [2.45, 2.75) is 17.8 Å². The van der Waals surface area contributed by atoms with Crippen LogP contribution in [0.5, 0.6) is 5.75 Å². The van der Waals surface area contributed by atoms with Gasteiger partial charge in [0, 0.05) is 51.2 Å². The van der Waals surface area contributed by atoms with Crippen LogP contribution in [0.1, 0.15) is 5.56 Å². The first-order valence-electron chi connectivity index (χ1n) is 8.21. The fourth-order valence-electron chi connectivity index (χ4n) is 2.86. The monoisotopic (exact) mass is 401 g/mol. The van der Waals surface area contributed by atoms with E-state index in [1.807, 2.05) is 12.1 Å². The number of hydrogen-bond acceptors (Lipinski definition) is 5. The fourth-order valence-corrected chi connectivity index (χ4v) is 4.32. The average Bonchev–Trinajstić information content (AvgIpc) is 2.62. The van der Waals surface area contributed by atoms with E-state index in [0.717, 1.165) is 17.7 Å². The molecule has 0 spiro atoms. The molecule has 6 nitrogen and oxygen atoms in total. The van der Waals surface area contributed by atoms with Crippen molar-refractivity contribution in [3.63, 3.8) is 0 Å². The molecule has 27 heavy (non-hydrogen) atoms. The van der Waals surface area contributed by atoms with E-state index in [-0.39, 0.29) is 18.0 Å². The standard InChI is InChI=1S/C17H18F3N3O3S/c18-17(19,20)26-15-4-1-5-16(11-15)27(24,25)23-9-7-22(8-10-23)13-14-3-2-6-21-12-14/h1-6,11-12H,7-10,13H2. The smallest absolute Gasteiger partial charge is 0.406 e. The summed E-state index contributed by atoms with van der Waals surface area (Å²) in [6, 6.07) is 8.24. The highest BCUT2D eigenvalue weighted by atomic mass is 32.2. The molecular formula is C17H18F3N3O3S. The van der Waals surface area contributed by atoms with Gasteiger partial charge in [0.25, 0.3) is 0 Å². The first-order valence-corrected chi connectivity index (χ1v) is 9.65. The summed E-state index contributed by atoms with van der Waals surface area (Å²) in [6.07, 6.45) is -1.43. The highest BCUT2D eigenvalue weighted by molar-refractivity contribution is 7.89. The second-order valence-corrected chi connectivity index (χ2v) is 8.00. The summed E-state index contributed by atoms with van der Waals surface area (Å²) in [5.74, 6) is -0.557. The lowest BCUT2D eigenvalue weighted by Crippen LogP contribution is -2.48. The molecule has 3 rings (SSSR count). The summed E-state index contributed by atoms with van der Waals surface area (Å²) < 4.78 is 67.6. The number of aromatic nitrogens is 1. The van der Waals surface area contributed by atoms with Crippen molar-refractivity contribution in [3.8, 4) is 5.75 Å². The average molecular weight is 401 g/mol. The van der Waals surface area contributed by atoms with Crippen molar-refractivity contribution in [3.05, 3.63) is 54.4 Å². The number of pyridine rings is 1. The van der Waals surface area contributed by atoms with Gasteiger partial charge in [-0.15, -0.1) is 13.2 Å². The predicted octanol–water partition coefficient (Wildman–Crippen LogP) is 2.49. The molecule has 2 aromatic rings. The molecule has 1 aromatic carbocycles. The maximum atomic E-state index is 12.7. The molecule has 1 aliphatic rings. The van der Waals surface area contributed by atoms with Gasteiger partial charge >= 0.3 is 6.36 Å². The van der Waals surface area contributed by atoms with Crippen molar-refractivity contribution < 1.29 is 26.3 Å². The lowest BCUT2D eigenvalue weighted by molar-refractivity contribution is -0.274. The maximum Gasteiger partial charge on any atom is 0.573 e. The van der Waals surface area contributed by atoms with Crippen molar-refractivity contribution in [2.75, 3.05) is 26.2 Å². The molecule has 1 saturated heterocycles. The van der Waals surface area contributed by atoms with Gasteiger partial charge in [0.05, 0.1) is 4.90 Å². The number of ether oxygens (including phenoxy) is 1. The number of sulfonamides is 1. The Bertz CT molecular complexity index is 868. The molecule has 10 heteroatoms. The second-order valence-electron chi connectivity index (χ2n) is 6.06. The van der Waals surface area contributed by atoms with Gasteiger partial charge < -0.3 is 4.74 Å². The van der Waals surface area contributed by atoms with Crippen molar-refractivity contribution >= 4 is 10.0 Å². The third-order valence-corrected chi connectivity index (χ3v) is 6.03. The molecule has 0 atom stereocenters. The Kier molecular flexibility index (Phi) is 5.68. The van der Waals surface area contributed by atoms with Crippen molar-refractivity contribution in [2.24, 2.45) is 0 Å². The molecule has 0 unspecified atom stereocenters. The van der Waals surface area contributed by atoms with Crippen LogP contribution in [0.15, 0.2) is 53.7 Å². The van der Waals surface area contributed by atoms with Gasteiger partial charge in [-0.3, -0.25) is 9.88 Å². The van der Waals surface area contributed by atoms with E-state index < -0.39 is 22.1 Å². The lowest BCUT2D eigenvalue weighted by Gasteiger charge is -2.34. The normalized spacial score (nSPS) is 17.0. The van der Waals surface area contributed by atoms with E-state index in [1.165, 1.54) is 16.4 Å². The fraction of sp³-hybridized carbons (Fsp3) is 0.353. The van der Waals surface area contributed by atoms with Gasteiger partial charge in [0.2, 0.25) is 10.0 Å². The van der Waals surface area contributed by atoms with Crippen LogP contribution in [-0.4, -0.2) is 55.1 Å². The van der Waals surface area contributed by atoms with Gasteiger partial charge in [-0.05, 0) is 23.8 Å². The Hall–Kier alpha value is -2.17. The van der Waals surface area contributed by atoms with E-state index in [1.54, 1.807) is 12.4 Å². The van der Waals surface area contributed by atoms with Crippen LogP contribution in [0, 0.1) is 0 Å². The summed E-state index contributed by atoms with van der Waals surface area (Å²) in [4.78, 5) is 5.94. The Balaban J connectivity index is 1.65. The SMILES string of the molecule is O=S(=O)(c1cccc(OC(F)(F)F)c1)N1CCN(Cc2cccnc2)CC1. The van der Waals surface area contributed by atoms with Crippen LogP contribution in [0.25, 0.3) is 0 Å². The Morgan fingerprint density at radius 2 is 1.81 bits per heavy atom. The number of nitrogens with zero attached hydrogens (tertiary/aromatic N) is 3. The Morgan fingerprint density at radius 3 is 2.44 bits per heavy atom. The van der Waals surface area contributed by atoms with Gasteiger partial charge in [-0.2, -0.15) is 4.31 Å². The molecule has 146 valence electrons. The third-order valence-electron chi connectivity index (χ3n) is 4.14. The largest absolute Gasteiger partial charge is 0.573 e. The summed E-state index contributed by atoms with van der Waals surface area (Å²) >= 11 is 0. The number of hydrogen-bond donors (Lipinski definition) is 0. The van der Waals surface area contributed by atoms with Crippen LogP contribution >= 0.6 is 0 Å². The van der Waals surface area contributed by atoms with Gasteiger partial charge in [0.15, 0.2) is 0 Å². The number of halogens is 3. The zero-order valence-electron chi connectivity index (χ0n) is 14.3. The first-order chi connectivity index (χ1) is 12.7. The summed E-state index contributed by atoms with van der Waals surface area (Å²) in [6.45, 7) is 2.22. The second kappa shape index (κ2) is 7.83. The molecule has 1 fully saturated rings. The predicted molar refractivity (Wildman–Crippen MR) is 91.4 cm³/mol. The number of piperazine rings is 1. The lowest BCUT2D eigenvalue weighted by atomic mass is 10.2. The molecule has 0 N–H and O–H groups in total. The number of rotatable bonds is 5. The minimum Gasteiger partial charge on any atom is -0.406 e. The molecule has 0 radical (unpaired) electrons. The van der Waals surface area contributed by atoms with Crippen LogP contribution in [-0.2, 0) is 16.6 Å². The molecule has 0 saturated carbocycles. The van der Waals surface area contributed by atoms with E-state index in [2.05, 4.69) is 14.6 Å². The molecule has 1 aliphatic heterocycles. The minimum absolute atomic E-state index is 0.218. The van der Waals surface area contributed by atoms with Gasteiger partial charge in [-0.25, -0.2) is 8.42 Å². The summed E-state index contributed by atoms with van der Waals surface area (Å²) in [5.41, 5.74) is 1.03. The van der Waals surface area contributed by atoms with Crippen molar-refractivity contribution in [1.82, 2.24) is 14.2 Å². The summed E-state index contributed by atoms with van der Waals surface area (Å²) in [5, 5.41) is 0. The highest BCUT2D eigenvalue weighted by Crippen LogP contribution is 2.26. The van der Waals surface area contributed by atoms with Gasteiger partial charge in [0.1, 0.15) is 5.75 Å². The quantitative estimate of drug-likeness (QED) is 0.770. The highest BCUT2D eigenvalue weighted by Gasteiger charge is 2.33. The van der Waals surface area contributed by atoms with E-state index in [9.17, 15) is 21.6 Å². The zero-order valence-corrected chi connectivity index (χ0v) is 15.1. The molecule has 0 aliphatic carbocycles. The summed E-state index contributed by atoms with van der Waals surface area (Å²) in [7, 11) is -3.89. The maximum absolute atomic E-state index is 12.7. The van der Waals surface area contributed by atoms with E-state index in [0.29, 0.717) is 19.6 Å². The first kappa shape index (κ1) is 19.6. The molecule has 1 aromatic heterocycles. The van der Waals surface area contributed by atoms with Crippen LogP contribution < -0.4 is 4.74 Å². The topological polar surface area (TPSA) is 62.7 Å². The van der Waals surface area contributed by atoms with E-state index >= 15 is 0 Å². The molecular weight excluding hydrogens is 383 g/mol. The van der Waals surface area contributed by atoms with Crippen molar-refractivity contribution in [1.29, 1.82) is 0 Å². The van der Waals surface area contributed by atoms with E-state index in [4.69, 9.17) is 0 Å². The minimum atomic E-state index is -4.87. The number of benzene rings is 1. The van der Waals surface area contributed by atoms with Crippen LogP contribution in [0.3, 0.4) is 0 Å². The Morgan fingerprint density at radius 1 is 1.07 bits per heavy atom. The van der Waals surface area contributed by atoms with Gasteiger partial charge in [-0.1, -0.05) is 12.1 Å². The zero-order chi connectivity index (χ0) is 19.5. The van der Waals surface area contributed by atoms with Crippen LogP contribution in [0.2, 0.25) is 0 Å². The molecule has 0 bridgehead atoms. The Labute approximate surface area is 155 Å². The number of alkyl halides is 3. The molecule has 0 amide bonds. The van der Waals surface area contributed by atoms with Crippen LogP contribution in [0.4, 0.5) is 13.2 Å². The molecule has 2 heterocycles.